The molecule has 0 saturated carbocycles. The van der Waals surface area contributed by atoms with Crippen LogP contribution in [0.3, 0.4) is 0 Å². The van der Waals surface area contributed by atoms with E-state index in [4.69, 9.17) is 4.74 Å². The van der Waals surface area contributed by atoms with Crippen LogP contribution in [0.5, 0.6) is 0 Å². The molecule has 29 heavy (non-hydrogen) atoms. The molecule has 0 unspecified atom stereocenters. The first kappa shape index (κ1) is 23.5. The summed E-state index contributed by atoms with van der Waals surface area (Å²) < 4.78 is 33.1. The molecule has 4 nitrogen and oxygen atoms in total. The van der Waals surface area contributed by atoms with Crippen molar-refractivity contribution in [1.82, 2.24) is 10.6 Å². The molecule has 1 aliphatic rings. The SMILES string of the molecule is CN=C(NCc1ccc(C)c(F)c1)NCC1(c2cccc(F)c2)CCOCC1.I. The molecule has 0 amide bonds. The van der Waals surface area contributed by atoms with E-state index in [1.165, 1.54) is 12.1 Å². The number of hydrogen-bond donors (Lipinski definition) is 2. The number of ether oxygens (including phenoxy) is 1. The van der Waals surface area contributed by atoms with Gasteiger partial charge in [-0.15, -0.1) is 24.0 Å². The van der Waals surface area contributed by atoms with E-state index >= 15 is 0 Å². The fraction of sp³-hybridized carbons (Fsp3) is 0.409. The highest BCUT2D eigenvalue weighted by atomic mass is 127. The number of guanidine groups is 1. The highest BCUT2D eigenvalue weighted by Gasteiger charge is 2.34. The van der Waals surface area contributed by atoms with Crippen molar-refractivity contribution in [3.05, 3.63) is 70.8 Å². The molecular weight excluding hydrogens is 487 g/mol. The van der Waals surface area contributed by atoms with Crippen LogP contribution >= 0.6 is 24.0 Å². The van der Waals surface area contributed by atoms with Gasteiger partial charge in [0, 0.05) is 38.8 Å². The summed E-state index contributed by atoms with van der Waals surface area (Å²) in [6.45, 7) is 4.11. The molecule has 158 valence electrons. The van der Waals surface area contributed by atoms with Gasteiger partial charge in [0.25, 0.3) is 0 Å². The molecular formula is C22H28F2IN3O. The Bertz CT molecular complexity index is 839. The van der Waals surface area contributed by atoms with Gasteiger partial charge in [-0.05, 0) is 54.7 Å². The third kappa shape index (κ3) is 6.12. The van der Waals surface area contributed by atoms with Crippen molar-refractivity contribution < 1.29 is 13.5 Å². The van der Waals surface area contributed by atoms with Gasteiger partial charge in [-0.1, -0.05) is 24.3 Å². The standard InChI is InChI=1S/C22H27F2N3O.HI/c1-16-6-7-17(12-20(16)24)14-26-21(25-2)27-15-22(8-10-28-11-9-22)18-4-3-5-19(23)13-18;/h3-7,12-13H,8-11,14-15H2,1-2H3,(H2,25,26,27);1H. The Hall–Kier alpha value is -1.74. The van der Waals surface area contributed by atoms with Crippen molar-refractivity contribution in [1.29, 1.82) is 0 Å². The third-order valence-electron chi connectivity index (χ3n) is 5.40. The molecule has 3 rings (SSSR count). The minimum absolute atomic E-state index is 0. The number of aryl methyl sites for hydroxylation is 1. The summed E-state index contributed by atoms with van der Waals surface area (Å²) >= 11 is 0. The van der Waals surface area contributed by atoms with E-state index in [1.807, 2.05) is 12.1 Å². The summed E-state index contributed by atoms with van der Waals surface area (Å²) in [5.74, 6) is 0.185. The molecule has 1 fully saturated rings. The van der Waals surface area contributed by atoms with Gasteiger partial charge in [-0.25, -0.2) is 8.78 Å². The lowest BCUT2D eigenvalue weighted by Gasteiger charge is -2.38. The maximum atomic E-state index is 13.8. The molecule has 0 spiro atoms. The first-order valence-corrected chi connectivity index (χ1v) is 9.56. The molecule has 2 N–H and O–H groups in total. The molecule has 1 heterocycles. The van der Waals surface area contributed by atoms with Crippen LogP contribution in [0, 0.1) is 18.6 Å². The van der Waals surface area contributed by atoms with Crippen LogP contribution in [0.15, 0.2) is 47.5 Å². The summed E-state index contributed by atoms with van der Waals surface area (Å²) in [7, 11) is 1.70. The molecule has 7 heteroatoms. The van der Waals surface area contributed by atoms with E-state index in [0.29, 0.717) is 37.8 Å². The zero-order valence-corrected chi connectivity index (χ0v) is 19.1. The van der Waals surface area contributed by atoms with Gasteiger partial charge in [-0.2, -0.15) is 0 Å². The van der Waals surface area contributed by atoms with Gasteiger partial charge in [0.2, 0.25) is 0 Å². The zero-order chi connectivity index (χ0) is 20.0. The predicted molar refractivity (Wildman–Crippen MR) is 123 cm³/mol. The molecule has 0 atom stereocenters. The number of rotatable bonds is 5. The first-order chi connectivity index (χ1) is 13.5. The van der Waals surface area contributed by atoms with Crippen LogP contribution in [-0.4, -0.2) is 32.8 Å². The summed E-state index contributed by atoms with van der Waals surface area (Å²) in [4.78, 5) is 4.27. The number of halogens is 3. The fourth-order valence-corrected chi connectivity index (χ4v) is 3.55. The largest absolute Gasteiger partial charge is 0.381 e. The van der Waals surface area contributed by atoms with Crippen molar-refractivity contribution in [2.45, 2.75) is 31.7 Å². The lowest BCUT2D eigenvalue weighted by atomic mass is 9.74. The Labute approximate surface area is 188 Å². The van der Waals surface area contributed by atoms with E-state index < -0.39 is 0 Å². The van der Waals surface area contributed by atoms with E-state index in [9.17, 15) is 8.78 Å². The molecule has 1 saturated heterocycles. The highest BCUT2D eigenvalue weighted by molar-refractivity contribution is 14.0. The maximum absolute atomic E-state index is 13.8. The second-order valence-corrected chi connectivity index (χ2v) is 7.27. The third-order valence-corrected chi connectivity index (χ3v) is 5.40. The van der Waals surface area contributed by atoms with Crippen LogP contribution in [0.25, 0.3) is 0 Å². The molecule has 2 aromatic rings. The normalized spacial score (nSPS) is 16.1. The van der Waals surface area contributed by atoms with Crippen LogP contribution in [0.4, 0.5) is 8.78 Å². The van der Waals surface area contributed by atoms with Gasteiger partial charge in [-0.3, -0.25) is 4.99 Å². The summed E-state index contributed by atoms with van der Waals surface area (Å²) in [5, 5.41) is 6.58. The average molecular weight is 515 g/mol. The monoisotopic (exact) mass is 515 g/mol. The lowest BCUT2D eigenvalue weighted by Crippen LogP contribution is -2.48. The minimum Gasteiger partial charge on any atom is -0.381 e. The first-order valence-electron chi connectivity index (χ1n) is 9.56. The lowest BCUT2D eigenvalue weighted by molar-refractivity contribution is 0.0513. The fourth-order valence-electron chi connectivity index (χ4n) is 3.55. The minimum atomic E-state index is -0.229. The second kappa shape index (κ2) is 10.9. The summed E-state index contributed by atoms with van der Waals surface area (Å²) in [6.07, 6.45) is 1.62. The number of nitrogens with zero attached hydrogens (tertiary/aromatic N) is 1. The van der Waals surface area contributed by atoms with E-state index in [0.717, 1.165) is 24.0 Å². The molecule has 0 radical (unpaired) electrons. The molecule has 0 bridgehead atoms. The number of aliphatic imine (C=N–C) groups is 1. The number of nitrogens with one attached hydrogen (secondary N) is 2. The van der Waals surface area contributed by atoms with Crippen molar-refractivity contribution >= 4 is 29.9 Å². The van der Waals surface area contributed by atoms with Crippen molar-refractivity contribution in [2.24, 2.45) is 4.99 Å². The van der Waals surface area contributed by atoms with Crippen molar-refractivity contribution in [3.8, 4) is 0 Å². The zero-order valence-electron chi connectivity index (χ0n) is 16.8. The molecule has 0 aliphatic carbocycles. The van der Waals surface area contributed by atoms with Gasteiger partial charge in [0.15, 0.2) is 5.96 Å². The summed E-state index contributed by atoms with van der Waals surface area (Å²) in [6, 6.07) is 12.0. The Kier molecular flexibility index (Phi) is 8.82. The smallest absolute Gasteiger partial charge is 0.191 e. The maximum Gasteiger partial charge on any atom is 0.191 e. The van der Waals surface area contributed by atoms with Gasteiger partial charge in [0.05, 0.1) is 0 Å². The molecule has 1 aliphatic heterocycles. The Morgan fingerprint density at radius 3 is 2.52 bits per heavy atom. The predicted octanol–water partition coefficient (Wildman–Crippen LogP) is 4.30. The molecule has 2 aromatic carbocycles. The van der Waals surface area contributed by atoms with E-state index in [-0.39, 0.29) is 41.0 Å². The van der Waals surface area contributed by atoms with Crippen LogP contribution in [0.2, 0.25) is 0 Å². The quantitative estimate of drug-likeness (QED) is 0.355. The van der Waals surface area contributed by atoms with Gasteiger partial charge >= 0.3 is 0 Å². The molecule has 0 aromatic heterocycles. The second-order valence-electron chi connectivity index (χ2n) is 7.27. The number of benzene rings is 2. The Morgan fingerprint density at radius 1 is 1.10 bits per heavy atom. The van der Waals surface area contributed by atoms with Crippen LogP contribution in [-0.2, 0) is 16.7 Å². The topological polar surface area (TPSA) is 45.7 Å². The van der Waals surface area contributed by atoms with E-state index in [2.05, 4.69) is 15.6 Å². The van der Waals surface area contributed by atoms with Crippen molar-refractivity contribution in [2.75, 3.05) is 26.8 Å². The highest BCUT2D eigenvalue weighted by Crippen LogP contribution is 2.34. The summed E-state index contributed by atoms with van der Waals surface area (Å²) in [5.41, 5.74) is 2.23. The van der Waals surface area contributed by atoms with Crippen molar-refractivity contribution in [3.63, 3.8) is 0 Å². The van der Waals surface area contributed by atoms with Crippen LogP contribution < -0.4 is 10.6 Å². The number of hydrogen-bond acceptors (Lipinski definition) is 2. The average Bonchev–Trinajstić information content (AvgIpc) is 2.71. The van der Waals surface area contributed by atoms with Gasteiger partial charge < -0.3 is 15.4 Å². The van der Waals surface area contributed by atoms with Crippen LogP contribution in [0.1, 0.15) is 29.5 Å². The Morgan fingerprint density at radius 2 is 1.86 bits per heavy atom. The van der Waals surface area contributed by atoms with E-state index in [1.54, 1.807) is 32.2 Å². The van der Waals surface area contributed by atoms with Gasteiger partial charge in [0.1, 0.15) is 11.6 Å². The Balaban J connectivity index is 0.00000300.